The molecule has 0 atom stereocenters. The molecule has 0 amide bonds. The van der Waals surface area contributed by atoms with E-state index in [-0.39, 0.29) is 4.90 Å². The van der Waals surface area contributed by atoms with Crippen molar-refractivity contribution in [3.05, 3.63) is 36.2 Å². The summed E-state index contributed by atoms with van der Waals surface area (Å²) in [6, 6.07) is 6.29. The number of nitrogens with one attached hydrogen (secondary N) is 1. The minimum atomic E-state index is -3.24. The predicted molar refractivity (Wildman–Crippen MR) is 67.8 cm³/mol. The fourth-order valence-corrected chi connectivity index (χ4v) is 2.10. The molecule has 0 aliphatic heterocycles. The lowest BCUT2D eigenvalue weighted by molar-refractivity contribution is 0.388. The first-order valence-corrected chi connectivity index (χ1v) is 7.09. The second-order valence-electron chi connectivity index (χ2n) is 3.85. The molecule has 0 aliphatic rings. The van der Waals surface area contributed by atoms with Gasteiger partial charge in [0.2, 0.25) is 0 Å². The Balaban J connectivity index is 2.15. The van der Waals surface area contributed by atoms with E-state index in [4.69, 9.17) is 10.3 Å². The lowest BCUT2D eigenvalue weighted by atomic mass is 10.2. The zero-order valence-electron chi connectivity index (χ0n) is 9.75. The number of aromatic nitrogens is 1. The second-order valence-corrected chi connectivity index (χ2v) is 5.87. The summed E-state index contributed by atoms with van der Waals surface area (Å²) in [6.07, 6.45) is 2.69. The molecule has 0 spiro atoms. The first-order valence-electron chi connectivity index (χ1n) is 5.20. The Morgan fingerprint density at radius 3 is 2.72 bits per heavy atom. The molecule has 2 aromatic rings. The van der Waals surface area contributed by atoms with Gasteiger partial charge in [-0.3, -0.25) is 0 Å². The number of benzene rings is 1. The molecule has 0 unspecified atom stereocenters. The highest BCUT2D eigenvalue weighted by molar-refractivity contribution is 7.90. The number of nitrogens with two attached hydrogens (primary N) is 1. The third-order valence-electron chi connectivity index (χ3n) is 2.40. The van der Waals surface area contributed by atoms with Crippen molar-refractivity contribution in [1.29, 1.82) is 0 Å². The maximum absolute atomic E-state index is 11.3. The van der Waals surface area contributed by atoms with E-state index in [1.807, 2.05) is 0 Å². The smallest absolute Gasteiger partial charge is 0.175 e. The Hall–Kier alpha value is -2.02. The second kappa shape index (κ2) is 4.69. The van der Waals surface area contributed by atoms with Crippen LogP contribution in [-0.2, 0) is 16.4 Å². The van der Waals surface area contributed by atoms with Crippen molar-refractivity contribution in [1.82, 2.24) is 5.16 Å². The number of hydrogen-bond donors (Lipinski definition) is 2. The molecular formula is C11H13N3O3S. The minimum absolute atomic E-state index is 0.199. The van der Waals surface area contributed by atoms with Gasteiger partial charge in [-0.2, -0.15) is 0 Å². The lowest BCUT2D eigenvalue weighted by Gasteiger charge is -2.08. The van der Waals surface area contributed by atoms with Crippen LogP contribution in [0.2, 0.25) is 0 Å². The van der Waals surface area contributed by atoms with Gasteiger partial charge in [-0.25, -0.2) is 8.42 Å². The lowest BCUT2D eigenvalue weighted by Crippen LogP contribution is -2.04. The summed E-state index contributed by atoms with van der Waals surface area (Å²) >= 11 is 0. The molecular weight excluding hydrogens is 254 g/mol. The Morgan fingerprint density at radius 2 is 2.17 bits per heavy atom. The zero-order chi connectivity index (χ0) is 13.2. The van der Waals surface area contributed by atoms with Crippen LogP contribution >= 0.6 is 0 Å². The van der Waals surface area contributed by atoms with Crippen LogP contribution in [-0.4, -0.2) is 19.8 Å². The van der Waals surface area contributed by atoms with Gasteiger partial charge in [0.1, 0.15) is 0 Å². The number of anilines is 2. The minimum Gasteiger partial charge on any atom is -0.397 e. The summed E-state index contributed by atoms with van der Waals surface area (Å²) in [6.45, 7) is 0.433. The van der Waals surface area contributed by atoms with Crippen LogP contribution in [0.25, 0.3) is 0 Å². The molecule has 0 saturated carbocycles. The van der Waals surface area contributed by atoms with Gasteiger partial charge in [-0.1, -0.05) is 5.16 Å². The molecule has 0 bridgehead atoms. The van der Waals surface area contributed by atoms with Gasteiger partial charge in [-0.05, 0) is 18.2 Å². The summed E-state index contributed by atoms with van der Waals surface area (Å²) in [5.74, 6) is 0.668. The molecule has 2 rings (SSSR count). The van der Waals surface area contributed by atoms with Crippen molar-refractivity contribution in [3.63, 3.8) is 0 Å². The van der Waals surface area contributed by atoms with Gasteiger partial charge >= 0.3 is 0 Å². The van der Waals surface area contributed by atoms with Crippen LogP contribution < -0.4 is 11.1 Å². The van der Waals surface area contributed by atoms with E-state index in [1.165, 1.54) is 12.1 Å². The molecule has 1 aromatic heterocycles. The highest BCUT2D eigenvalue weighted by Gasteiger charge is 2.09. The summed E-state index contributed by atoms with van der Waals surface area (Å²) in [5.41, 5.74) is 6.81. The van der Waals surface area contributed by atoms with Crippen molar-refractivity contribution in [2.75, 3.05) is 17.3 Å². The summed E-state index contributed by atoms with van der Waals surface area (Å²) in [5, 5.41) is 6.62. The molecule has 96 valence electrons. The van der Waals surface area contributed by atoms with Gasteiger partial charge < -0.3 is 15.6 Å². The van der Waals surface area contributed by atoms with Gasteiger partial charge in [0, 0.05) is 12.3 Å². The highest BCUT2D eigenvalue weighted by atomic mass is 32.2. The van der Waals surface area contributed by atoms with Crippen LogP contribution in [0.1, 0.15) is 5.76 Å². The third-order valence-corrected chi connectivity index (χ3v) is 3.51. The Morgan fingerprint density at radius 1 is 1.39 bits per heavy atom. The molecule has 0 aliphatic carbocycles. The number of sulfone groups is 1. The van der Waals surface area contributed by atoms with Crippen LogP contribution in [0.5, 0.6) is 0 Å². The SMILES string of the molecule is CS(=O)(=O)c1ccc(NCc2ccno2)c(N)c1. The van der Waals surface area contributed by atoms with Crippen molar-refractivity contribution in [2.45, 2.75) is 11.4 Å². The van der Waals surface area contributed by atoms with E-state index in [1.54, 1.807) is 18.3 Å². The predicted octanol–water partition coefficient (Wildman–Crippen LogP) is 1.27. The van der Waals surface area contributed by atoms with Crippen LogP contribution in [0.15, 0.2) is 39.9 Å². The van der Waals surface area contributed by atoms with E-state index >= 15 is 0 Å². The van der Waals surface area contributed by atoms with Crippen molar-refractivity contribution >= 4 is 21.2 Å². The van der Waals surface area contributed by atoms with Crippen LogP contribution in [0, 0.1) is 0 Å². The number of nitrogens with zero attached hydrogens (tertiary/aromatic N) is 1. The summed E-state index contributed by atoms with van der Waals surface area (Å²) < 4.78 is 27.6. The summed E-state index contributed by atoms with van der Waals surface area (Å²) in [7, 11) is -3.24. The van der Waals surface area contributed by atoms with Crippen molar-refractivity contribution in [2.24, 2.45) is 0 Å². The summed E-state index contributed by atoms with van der Waals surface area (Å²) in [4.78, 5) is 0.199. The molecule has 0 radical (unpaired) electrons. The topological polar surface area (TPSA) is 98.2 Å². The normalized spacial score (nSPS) is 11.4. The molecule has 3 N–H and O–H groups in total. The maximum atomic E-state index is 11.3. The Bertz CT molecular complexity index is 636. The number of hydrogen-bond acceptors (Lipinski definition) is 6. The Labute approximate surface area is 105 Å². The quantitative estimate of drug-likeness (QED) is 0.809. The van der Waals surface area contributed by atoms with Gasteiger partial charge in [0.05, 0.1) is 29.0 Å². The van der Waals surface area contributed by atoms with Crippen LogP contribution in [0.4, 0.5) is 11.4 Å². The van der Waals surface area contributed by atoms with Crippen molar-refractivity contribution < 1.29 is 12.9 Å². The zero-order valence-corrected chi connectivity index (χ0v) is 10.6. The Kier molecular flexibility index (Phi) is 3.24. The highest BCUT2D eigenvalue weighted by Crippen LogP contribution is 2.23. The average molecular weight is 267 g/mol. The van der Waals surface area contributed by atoms with Gasteiger partial charge in [-0.15, -0.1) is 0 Å². The number of rotatable bonds is 4. The van der Waals surface area contributed by atoms with E-state index in [0.717, 1.165) is 6.26 Å². The molecule has 1 aromatic carbocycles. The van der Waals surface area contributed by atoms with E-state index in [2.05, 4.69) is 10.5 Å². The molecule has 1 heterocycles. The fourth-order valence-electron chi connectivity index (χ4n) is 1.45. The molecule has 0 saturated heterocycles. The van der Waals surface area contributed by atoms with Gasteiger partial charge in [0.25, 0.3) is 0 Å². The fraction of sp³-hybridized carbons (Fsp3) is 0.182. The monoisotopic (exact) mass is 267 g/mol. The average Bonchev–Trinajstić information content (AvgIpc) is 2.79. The van der Waals surface area contributed by atoms with Crippen molar-refractivity contribution in [3.8, 4) is 0 Å². The maximum Gasteiger partial charge on any atom is 0.175 e. The van der Waals surface area contributed by atoms with Crippen LogP contribution in [0.3, 0.4) is 0 Å². The molecule has 0 fully saturated rings. The standard InChI is InChI=1S/C11H13N3O3S/c1-18(15,16)9-2-3-11(10(12)6-9)13-7-8-4-5-14-17-8/h2-6,13H,7,12H2,1H3. The van der Waals surface area contributed by atoms with E-state index in [9.17, 15) is 8.42 Å². The molecule has 6 nitrogen and oxygen atoms in total. The van der Waals surface area contributed by atoms with Gasteiger partial charge in [0.15, 0.2) is 15.6 Å². The first kappa shape index (κ1) is 12.4. The largest absolute Gasteiger partial charge is 0.397 e. The van der Waals surface area contributed by atoms with E-state index in [0.29, 0.717) is 23.7 Å². The van der Waals surface area contributed by atoms with E-state index < -0.39 is 9.84 Å². The number of nitrogen functional groups attached to an aromatic ring is 1. The first-order chi connectivity index (χ1) is 8.47. The third kappa shape index (κ3) is 2.80. The molecule has 18 heavy (non-hydrogen) atoms. The molecule has 7 heteroatoms.